The minimum atomic E-state index is 0.332. The Hall–Kier alpha value is -2.94. The van der Waals surface area contributed by atoms with Gasteiger partial charge in [-0.05, 0) is 19.1 Å². The molecule has 0 spiro atoms. The zero-order valence-electron chi connectivity index (χ0n) is 13.0. The fourth-order valence-corrected chi connectivity index (χ4v) is 2.93. The van der Waals surface area contributed by atoms with Gasteiger partial charge in [0.2, 0.25) is 10.8 Å². The lowest BCUT2D eigenvalue weighted by Crippen LogP contribution is -1.97. The summed E-state index contributed by atoms with van der Waals surface area (Å²) in [5.74, 6) is 2.71. The van der Waals surface area contributed by atoms with Crippen LogP contribution in [-0.2, 0) is 6.61 Å². The van der Waals surface area contributed by atoms with Crippen molar-refractivity contribution in [1.29, 1.82) is 0 Å². The number of benzene rings is 1. The molecule has 4 aromatic rings. The van der Waals surface area contributed by atoms with Gasteiger partial charge in [-0.3, -0.25) is 0 Å². The van der Waals surface area contributed by atoms with Gasteiger partial charge in [-0.25, -0.2) is 0 Å². The molecule has 122 valence electrons. The Morgan fingerprint density at radius 3 is 2.88 bits per heavy atom. The molecule has 24 heavy (non-hydrogen) atoms. The fourth-order valence-electron chi connectivity index (χ4n) is 2.18. The number of aryl methyl sites for hydroxylation is 1. The zero-order valence-corrected chi connectivity index (χ0v) is 13.8. The van der Waals surface area contributed by atoms with Crippen LogP contribution in [0.3, 0.4) is 0 Å². The summed E-state index contributed by atoms with van der Waals surface area (Å²) in [7, 11) is 1.62. The van der Waals surface area contributed by atoms with Crippen LogP contribution in [0.2, 0.25) is 0 Å². The van der Waals surface area contributed by atoms with E-state index in [1.165, 1.54) is 11.3 Å². The van der Waals surface area contributed by atoms with Crippen LogP contribution in [0.25, 0.3) is 16.5 Å². The topological polar surface area (TPSA) is 87.6 Å². The van der Waals surface area contributed by atoms with E-state index in [1.807, 2.05) is 31.2 Å². The summed E-state index contributed by atoms with van der Waals surface area (Å²) in [6, 6.07) is 9.22. The van der Waals surface area contributed by atoms with Crippen molar-refractivity contribution in [3.63, 3.8) is 0 Å². The number of rotatable bonds is 5. The highest BCUT2D eigenvalue weighted by Gasteiger charge is 2.16. The smallest absolute Gasteiger partial charge is 0.235 e. The lowest BCUT2D eigenvalue weighted by molar-refractivity contribution is 0.301. The highest BCUT2D eigenvalue weighted by molar-refractivity contribution is 7.16. The first-order valence-corrected chi connectivity index (χ1v) is 7.96. The molecular formula is C15H13N5O3S. The average Bonchev–Trinajstić information content (AvgIpc) is 3.28. The molecule has 0 atom stereocenters. The van der Waals surface area contributed by atoms with Gasteiger partial charge in [-0.2, -0.15) is 9.61 Å². The van der Waals surface area contributed by atoms with Crippen LogP contribution in [0.1, 0.15) is 10.8 Å². The number of ether oxygens (including phenoxy) is 2. The predicted molar refractivity (Wildman–Crippen MR) is 86.2 cm³/mol. The molecule has 0 aliphatic carbocycles. The van der Waals surface area contributed by atoms with E-state index in [1.54, 1.807) is 17.7 Å². The van der Waals surface area contributed by atoms with Crippen LogP contribution < -0.4 is 9.47 Å². The maximum atomic E-state index is 5.76. The molecule has 0 amide bonds. The summed E-state index contributed by atoms with van der Waals surface area (Å²) >= 11 is 1.41. The molecule has 8 nitrogen and oxygen atoms in total. The van der Waals surface area contributed by atoms with E-state index in [2.05, 4.69) is 20.5 Å². The maximum Gasteiger partial charge on any atom is 0.235 e. The molecule has 3 aromatic heterocycles. The molecule has 9 heteroatoms. The van der Waals surface area contributed by atoms with Crippen molar-refractivity contribution < 1.29 is 14.0 Å². The summed E-state index contributed by atoms with van der Waals surface area (Å²) in [6.07, 6.45) is 0. The number of hydrogen-bond donors (Lipinski definition) is 0. The lowest BCUT2D eigenvalue weighted by atomic mass is 10.3. The lowest BCUT2D eigenvalue weighted by Gasteiger charge is -2.05. The van der Waals surface area contributed by atoms with Crippen LogP contribution in [0.15, 0.2) is 34.9 Å². The summed E-state index contributed by atoms with van der Waals surface area (Å²) in [5.41, 5.74) is 0.602. The van der Waals surface area contributed by atoms with E-state index in [4.69, 9.17) is 14.0 Å². The van der Waals surface area contributed by atoms with E-state index in [9.17, 15) is 0 Å². The molecule has 0 bridgehead atoms. The van der Waals surface area contributed by atoms with Crippen molar-refractivity contribution in [1.82, 2.24) is 25.0 Å². The highest BCUT2D eigenvalue weighted by Crippen LogP contribution is 2.23. The zero-order chi connectivity index (χ0) is 16.5. The normalized spacial score (nSPS) is 11.1. The summed E-state index contributed by atoms with van der Waals surface area (Å²) in [6.45, 7) is 2.15. The number of nitrogens with zero attached hydrogens (tertiary/aromatic N) is 5. The first-order chi connectivity index (χ1) is 11.7. The maximum absolute atomic E-state index is 5.76. The summed E-state index contributed by atoms with van der Waals surface area (Å²) in [4.78, 5) is 0.676. The minimum absolute atomic E-state index is 0.332. The number of hydrogen-bond acceptors (Lipinski definition) is 8. The largest absolute Gasteiger partial charge is 0.497 e. The molecule has 0 radical (unpaired) electrons. The molecular weight excluding hydrogens is 330 g/mol. The third-order valence-corrected chi connectivity index (χ3v) is 4.17. The molecule has 0 unspecified atom stereocenters. The molecule has 0 aliphatic heterocycles. The third-order valence-electron chi connectivity index (χ3n) is 3.29. The molecule has 4 rings (SSSR count). The van der Waals surface area contributed by atoms with E-state index < -0.39 is 0 Å². The van der Waals surface area contributed by atoms with Crippen LogP contribution in [0.4, 0.5) is 0 Å². The van der Waals surface area contributed by atoms with Gasteiger partial charge in [0, 0.05) is 12.1 Å². The van der Waals surface area contributed by atoms with Gasteiger partial charge in [0.25, 0.3) is 0 Å². The van der Waals surface area contributed by atoms with E-state index in [0.717, 1.165) is 10.8 Å². The van der Waals surface area contributed by atoms with Crippen molar-refractivity contribution in [2.45, 2.75) is 13.5 Å². The molecule has 3 heterocycles. The Bertz CT molecular complexity index is 990. The quantitative estimate of drug-likeness (QED) is 0.550. The fraction of sp³-hybridized carbons (Fsp3) is 0.200. The van der Waals surface area contributed by atoms with Crippen LogP contribution >= 0.6 is 11.3 Å². The SMILES string of the molecule is COc1cccc(OCc2nn3c(-c4cc(C)on4)nnc3s2)c1. The van der Waals surface area contributed by atoms with Crippen molar-refractivity contribution in [3.8, 4) is 23.0 Å². The van der Waals surface area contributed by atoms with Crippen LogP contribution in [-0.4, -0.2) is 32.1 Å². The van der Waals surface area contributed by atoms with E-state index >= 15 is 0 Å². The third kappa shape index (κ3) is 2.69. The minimum Gasteiger partial charge on any atom is -0.497 e. The van der Waals surface area contributed by atoms with Gasteiger partial charge < -0.3 is 14.0 Å². The van der Waals surface area contributed by atoms with Gasteiger partial charge in [-0.1, -0.05) is 22.6 Å². The Morgan fingerprint density at radius 1 is 1.21 bits per heavy atom. The van der Waals surface area contributed by atoms with Crippen molar-refractivity contribution in [3.05, 3.63) is 41.1 Å². The van der Waals surface area contributed by atoms with Crippen LogP contribution in [0, 0.1) is 6.92 Å². The Morgan fingerprint density at radius 2 is 2.08 bits per heavy atom. The van der Waals surface area contributed by atoms with Crippen molar-refractivity contribution in [2.75, 3.05) is 7.11 Å². The first kappa shape index (κ1) is 14.6. The summed E-state index contributed by atoms with van der Waals surface area (Å²) < 4.78 is 17.7. The molecule has 0 fully saturated rings. The second kappa shape index (κ2) is 5.93. The van der Waals surface area contributed by atoms with Gasteiger partial charge in [0.1, 0.15) is 23.9 Å². The van der Waals surface area contributed by atoms with Gasteiger partial charge in [0.15, 0.2) is 10.7 Å². The van der Waals surface area contributed by atoms with E-state index in [-0.39, 0.29) is 0 Å². The van der Waals surface area contributed by atoms with Crippen molar-refractivity contribution >= 4 is 16.3 Å². The second-order valence-electron chi connectivity index (χ2n) is 5.00. The molecule has 0 saturated heterocycles. The van der Waals surface area contributed by atoms with Gasteiger partial charge >= 0.3 is 0 Å². The van der Waals surface area contributed by atoms with Crippen molar-refractivity contribution in [2.24, 2.45) is 0 Å². The Kier molecular flexibility index (Phi) is 3.62. The first-order valence-electron chi connectivity index (χ1n) is 7.14. The van der Waals surface area contributed by atoms with Gasteiger partial charge in [0.05, 0.1) is 7.11 Å². The predicted octanol–water partition coefficient (Wildman–Crippen LogP) is 2.74. The molecule has 0 saturated carbocycles. The van der Waals surface area contributed by atoms with Gasteiger partial charge in [-0.15, -0.1) is 10.2 Å². The molecule has 1 aromatic carbocycles. The Balaban J connectivity index is 1.56. The highest BCUT2D eigenvalue weighted by atomic mass is 32.1. The Labute approximate surface area is 140 Å². The number of methoxy groups -OCH3 is 1. The number of fused-ring (bicyclic) bond motifs is 1. The molecule has 0 N–H and O–H groups in total. The standard InChI is InChI=1S/C15H13N5O3S/c1-9-6-12(19-23-9)14-16-17-15-20(14)18-13(24-15)8-22-11-5-3-4-10(7-11)21-2/h3-7H,8H2,1-2H3. The molecule has 0 aliphatic rings. The van der Waals surface area contributed by atoms with Crippen LogP contribution in [0.5, 0.6) is 11.5 Å². The summed E-state index contributed by atoms with van der Waals surface area (Å²) in [5, 5.41) is 17.4. The number of aromatic nitrogens is 5. The van der Waals surface area contributed by atoms with E-state index in [0.29, 0.717) is 34.6 Å². The average molecular weight is 343 g/mol. The monoisotopic (exact) mass is 343 g/mol. The second-order valence-corrected chi connectivity index (χ2v) is 6.04.